The summed E-state index contributed by atoms with van der Waals surface area (Å²) in [7, 11) is 0. The highest BCUT2D eigenvalue weighted by molar-refractivity contribution is 6.54. The van der Waals surface area contributed by atoms with Gasteiger partial charge in [-0.3, -0.25) is 4.79 Å². The Balaban J connectivity index is 0.00000261. The van der Waals surface area contributed by atoms with E-state index in [4.69, 9.17) is 52.2 Å². The van der Waals surface area contributed by atoms with E-state index in [0.29, 0.717) is 5.52 Å². The number of nitrogens with two attached hydrogens (primary N) is 1. The molecule has 27 heavy (non-hydrogen) atoms. The van der Waals surface area contributed by atoms with Gasteiger partial charge in [-0.2, -0.15) is 0 Å². The summed E-state index contributed by atoms with van der Waals surface area (Å²) in [5.41, 5.74) is 0.485. The number of benzene rings is 2. The lowest BCUT2D eigenvalue weighted by molar-refractivity contribution is 0.0692. The summed E-state index contributed by atoms with van der Waals surface area (Å²) >= 11 is 23.8. The molecule has 0 aliphatic carbocycles. The maximum atomic E-state index is 12.8. The van der Waals surface area contributed by atoms with Crippen molar-refractivity contribution in [3.63, 3.8) is 0 Å². The minimum atomic E-state index is -1.50. The Morgan fingerprint density at radius 2 is 1.63 bits per heavy atom. The van der Waals surface area contributed by atoms with Crippen LogP contribution in [0.2, 0.25) is 20.1 Å². The molecule has 0 bridgehead atoms. The number of amides is 1. The number of aromatic carboxylic acids is 1. The van der Waals surface area contributed by atoms with E-state index in [1.807, 2.05) is 0 Å². The van der Waals surface area contributed by atoms with Gasteiger partial charge in [0, 0.05) is 0 Å². The molecule has 0 spiro atoms. The zero-order valence-corrected chi connectivity index (χ0v) is 16.8. The first-order valence-corrected chi connectivity index (χ1v) is 8.36. The van der Waals surface area contributed by atoms with Crippen LogP contribution in [0.3, 0.4) is 0 Å². The highest BCUT2D eigenvalue weighted by atomic mass is 35.5. The van der Waals surface area contributed by atoms with Crippen LogP contribution in [0.5, 0.6) is 0 Å². The van der Waals surface area contributed by atoms with Crippen LogP contribution in [-0.2, 0) is 0 Å². The van der Waals surface area contributed by atoms with Crippen molar-refractivity contribution < 1.29 is 14.7 Å². The molecule has 0 unspecified atom stereocenters. The van der Waals surface area contributed by atoms with Gasteiger partial charge in [0.05, 0.1) is 54.3 Å². The molecule has 142 valence electrons. The molecule has 1 heterocycles. The number of imidazole rings is 1. The van der Waals surface area contributed by atoms with E-state index < -0.39 is 28.0 Å². The first-order chi connectivity index (χ1) is 12.2. The number of hydrogen-bond acceptors (Lipinski definition) is 4. The molecule has 1 amide bonds. The van der Waals surface area contributed by atoms with Gasteiger partial charge in [0.25, 0.3) is 5.91 Å². The summed E-state index contributed by atoms with van der Waals surface area (Å²) in [6.45, 7) is 0. The molecule has 1 aromatic heterocycles. The predicted molar refractivity (Wildman–Crippen MR) is 108 cm³/mol. The average Bonchev–Trinajstić information content (AvgIpc) is 3.08. The van der Waals surface area contributed by atoms with Crippen LogP contribution in [0, 0.1) is 0 Å². The minimum absolute atomic E-state index is 0. The average molecular weight is 471 g/mol. The van der Waals surface area contributed by atoms with Crippen molar-refractivity contribution in [2.24, 2.45) is 5.84 Å². The maximum Gasteiger partial charge on any atom is 0.338 e. The second-order valence-corrected chi connectivity index (χ2v) is 6.60. The lowest BCUT2D eigenvalue weighted by atomic mass is 10.1. The van der Waals surface area contributed by atoms with E-state index in [-0.39, 0.29) is 33.2 Å². The SMILES string of the molecule is Cl.NN(C(=O)c1c(Cl)c(Cl)c(Cl)c(Cl)c1C(=O)O)c1ccc2[nH]cnc2c1. The van der Waals surface area contributed by atoms with Gasteiger partial charge in [-0.1, -0.05) is 46.4 Å². The normalized spacial score (nSPS) is 10.6. The maximum absolute atomic E-state index is 12.8. The molecule has 3 rings (SSSR count). The highest BCUT2D eigenvalue weighted by Gasteiger charge is 2.31. The molecule has 2 aromatic carbocycles. The highest BCUT2D eigenvalue weighted by Crippen LogP contribution is 2.42. The number of hydrazine groups is 1. The summed E-state index contributed by atoms with van der Waals surface area (Å²) in [5.74, 6) is 3.45. The van der Waals surface area contributed by atoms with Gasteiger partial charge in [-0.25, -0.2) is 20.6 Å². The quantitative estimate of drug-likeness (QED) is 0.167. The van der Waals surface area contributed by atoms with E-state index in [1.54, 1.807) is 12.1 Å². The van der Waals surface area contributed by atoms with Crippen LogP contribution < -0.4 is 10.9 Å². The van der Waals surface area contributed by atoms with E-state index in [1.165, 1.54) is 12.4 Å². The fourth-order valence-electron chi connectivity index (χ4n) is 2.34. The van der Waals surface area contributed by atoms with Crippen LogP contribution in [-0.4, -0.2) is 27.0 Å². The number of carbonyl (C=O) groups excluding carboxylic acids is 1. The van der Waals surface area contributed by atoms with E-state index in [2.05, 4.69) is 9.97 Å². The van der Waals surface area contributed by atoms with Crippen molar-refractivity contribution in [3.8, 4) is 0 Å². The summed E-state index contributed by atoms with van der Waals surface area (Å²) in [4.78, 5) is 31.4. The Kier molecular flexibility index (Phi) is 6.47. The number of nitrogens with one attached hydrogen (secondary N) is 1. The zero-order valence-electron chi connectivity index (χ0n) is 13.0. The number of carboxylic acids is 1. The fourth-order valence-corrected chi connectivity index (χ4v) is 3.36. The molecule has 0 fully saturated rings. The Morgan fingerprint density at radius 1 is 1.04 bits per heavy atom. The lowest BCUT2D eigenvalue weighted by Gasteiger charge is -2.20. The number of halogens is 5. The van der Waals surface area contributed by atoms with Gasteiger partial charge in [-0.15, -0.1) is 12.4 Å². The molecular formula is C15H9Cl5N4O3. The number of hydrogen-bond donors (Lipinski definition) is 3. The molecule has 0 aliphatic rings. The number of anilines is 1. The monoisotopic (exact) mass is 468 g/mol. The van der Waals surface area contributed by atoms with Crippen LogP contribution in [0.4, 0.5) is 5.69 Å². The molecule has 0 radical (unpaired) electrons. The van der Waals surface area contributed by atoms with Crippen LogP contribution in [0.1, 0.15) is 20.7 Å². The van der Waals surface area contributed by atoms with Gasteiger partial charge >= 0.3 is 5.97 Å². The second-order valence-electron chi connectivity index (χ2n) is 5.09. The van der Waals surface area contributed by atoms with Gasteiger partial charge in [0.15, 0.2) is 0 Å². The number of aromatic nitrogens is 2. The Morgan fingerprint density at radius 3 is 2.22 bits per heavy atom. The van der Waals surface area contributed by atoms with Crippen LogP contribution >= 0.6 is 58.8 Å². The number of nitrogens with zero attached hydrogens (tertiary/aromatic N) is 2. The van der Waals surface area contributed by atoms with Crippen molar-refractivity contribution in [1.29, 1.82) is 0 Å². The molecule has 0 aliphatic heterocycles. The molecule has 0 saturated carbocycles. The largest absolute Gasteiger partial charge is 0.478 e. The fraction of sp³-hybridized carbons (Fsp3) is 0. The van der Waals surface area contributed by atoms with Crippen LogP contribution in [0.25, 0.3) is 11.0 Å². The third kappa shape index (κ3) is 3.67. The molecule has 0 saturated heterocycles. The number of rotatable bonds is 3. The standard InChI is InChI=1S/C15H8Cl4N4O3.ClH/c16-10-8(9(15(25)26)11(17)13(19)12(10)18)14(24)23(20)5-1-2-6-7(3-5)22-4-21-6;/h1-4H,20H2,(H,21,22)(H,25,26);1H. The number of carboxylic acid groups (broad SMARTS) is 1. The van der Waals surface area contributed by atoms with Crippen LogP contribution in [0.15, 0.2) is 24.5 Å². The summed E-state index contributed by atoms with van der Waals surface area (Å²) in [6.07, 6.45) is 1.48. The molecule has 3 aromatic rings. The van der Waals surface area contributed by atoms with E-state index >= 15 is 0 Å². The van der Waals surface area contributed by atoms with Gasteiger partial charge in [0.1, 0.15) is 0 Å². The Hall–Kier alpha value is -1.74. The third-order valence-corrected chi connectivity index (χ3v) is 5.40. The molecular weight excluding hydrogens is 461 g/mol. The number of carbonyl (C=O) groups is 2. The first-order valence-electron chi connectivity index (χ1n) is 6.85. The minimum Gasteiger partial charge on any atom is -0.478 e. The van der Waals surface area contributed by atoms with Gasteiger partial charge < -0.3 is 10.1 Å². The smallest absolute Gasteiger partial charge is 0.338 e. The number of aromatic amines is 1. The topological polar surface area (TPSA) is 112 Å². The van der Waals surface area contributed by atoms with E-state index in [9.17, 15) is 14.7 Å². The molecule has 7 nitrogen and oxygen atoms in total. The Labute approximate surface area is 178 Å². The lowest BCUT2D eigenvalue weighted by Crippen LogP contribution is -2.38. The van der Waals surface area contributed by atoms with Gasteiger partial charge in [-0.05, 0) is 18.2 Å². The van der Waals surface area contributed by atoms with Crippen molar-refractivity contribution in [1.82, 2.24) is 9.97 Å². The molecule has 12 heteroatoms. The summed E-state index contributed by atoms with van der Waals surface area (Å²) < 4.78 is 0. The van der Waals surface area contributed by atoms with Crippen molar-refractivity contribution in [3.05, 3.63) is 55.7 Å². The first kappa shape index (κ1) is 21.6. The predicted octanol–water partition coefficient (Wildman–Crippen LogP) is 4.82. The second kappa shape index (κ2) is 8.10. The van der Waals surface area contributed by atoms with Crippen molar-refractivity contribution >= 4 is 87.4 Å². The molecule has 4 N–H and O–H groups in total. The van der Waals surface area contributed by atoms with E-state index in [0.717, 1.165) is 10.5 Å². The third-order valence-electron chi connectivity index (χ3n) is 3.60. The summed E-state index contributed by atoms with van der Waals surface area (Å²) in [5, 5.41) is 8.87. The number of H-pyrrole nitrogens is 1. The van der Waals surface area contributed by atoms with Crippen molar-refractivity contribution in [2.45, 2.75) is 0 Å². The zero-order chi connectivity index (χ0) is 19.2. The molecule has 0 atom stereocenters. The number of fused-ring (bicyclic) bond motifs is 1. The Bertz CT molecular complexity index is 1070. The van der Waals surface area contributed by atoms with Crippen molar-refractivity contribution in [2.75, 3.05) is 5.01 Å². The van der Waals surface area contributed by atoms with Gasteiger partial charge in [0.2, 0.25) is 0 Å². The summed E-state index contributed by atoms with van der Waals surface area (Å²) in [6, 6.07) is 4.75.